The Balaban J connectivity index is 2.00. The Labute approximate surface area is 153 Å². The Kier molecular flexibility index (Phi) is 6.07. The number of carbonyl (C=O) groups excluding carboxylic acids is 1. The number of nitrogens with zero attached hydrogens (tertiary/aromatic N) is 1. The maximum absolute atomic E-state index is 12.1. The van der Waals surface area contributed by atoms with Crippen molar-refractivity contribution < 1.29 is 14.3 Å². The van der Waals surface area contributed by atoms with Gasteiger partial charge in [-0.15, -0.1) is 0 Å². The fourth-order valence-corrected chi connectivity index (χ4v) is 2.46. The number of carbonyl (C=O) groups is 1. The molecule has 6 nitrogen and oxygen atoms in total. The van der Waals surface area contributed by atoms with E-state index < -0.39 is 0 Å². The van der Waals surface area contributed by atoms with E-state index >= 15 is 0 Å². The van der Waals surface area contributed by atoms with Crippen LogP contribution in [0.3, 0.4) is 0 Å². The average Bonchev–Trinajstić information content (AvgIpc) is 2.66. The molecule has 2 N–H and O–H groups in total. The molecule has 0 aliphatic carbocycles. The highest BCUT2D eigenvalue weighted by molar-refractivity contribution is 5.89. The summed E-state index contributed by atoms with van der Waals surface area (Å²) in [5.41, 5.74) is 1.89. The monoisotopic (exact) mass is 353 g/mol. The van der Waals surface area contributed by atoms with Crippen LogP contribution in [0.2, 0.25) is 0 Å². The number of hydrogen-bond donors (Lipinski definition) is 2. The molecule has 0 radical (unpaired) electrons. The highest BCUT2D eigenvalue weighted by atomic mass is 16.5. The number of nitrogens with one attached hydrogen (secondary N) is 2. The summed E-state index contributed by atoms with van der Waals surface area (Å²) >= 11 is 0. The summed E-state index contributed by atoms with van der Waals surface area (Å²) in [5, 5.41) is 14.4. The maximum atomic E-state index is 12.1. The predicted octanol–water partition coefficient (Wildman–Crippen LogP) is 3.67. The van der Waals surface area contributed by atoms with Gasteiger partial charge in [-0.05, 0) is 42.0 Å². The van der Waals surface area contributed by atoms with Crippen LogP contribution in [0.15, 0.2) is 42.5 Å². The molecule has 2 amide bonds. The zero-order chi connectivity index (χ0) is 19.2. The van der Waals surface area contributed by atoms with Crippen molar-refractivity contribution in [1.29, 1.82) is 5.26 Å². The first kappa shape index (κ1) is 19.1. The number of benzene rings is 2. The lowest BCUT2D eigenvalue weighted by Gasteiger charge is -2.26. The molecule has 0 heterocycles. The molecule has 136 valence electrons. The van der Waals surface area contributed by atoms with Crippen molar-refractivity contribution in [3.63, 3.8) is 0 Å². The van der Waals surface area contributed by atoms with Crippen LogP contribution in [0.5, 0.6) is 11.5 Å². The molecule has 0 aliphatic rings. The number of anilines is 1. The Bertz CT molecular complexity index is 808. The average molecular weight is 353 g/mol. The zero-order valence-electron chi connectivity index (χ0n) is 15.4. The molecule has 0 saturated heterocycles. The summed E-state index contributed by atoms with van der Waals surface area (Å²) in [7, 11) is 3.19. The molecule has 0 aromatic heterocycles. The minimum atomic E-state index is -0.304. The SMILES string of the molecule is COc1ccc(C(C)(C)CNC(=O)Nc2ccc(C#N)cc2)cc1OC. The third-order valence-corrected chi connectivity index (χ3v) is 4.13. The standard InChI is InChI=1S/C20H23N3O3/c1-20(2,15-7-10-17(25-3)18(11-15)26-4)13-22-19(24)23-16-8-5-14(12-21)6-9-16/h5-11H,13H2,1-4H3,(H2,22,23,24). The molecule has 0 aliphatic heterocycles. The van der Waals surface area contributed by atoms with E-state index in [1.165, 1.54) is 0 Å². The molecule has 0 spiro atoms. The number of urea groups is 1. The molecule has 0 atom stereocenters. The van der Waals surface area contributed by atoms with E-state index in [-0.39, 0.29) is 11.4 Å². The van der Waals surface area contributed by atoms with E-state index in [4.69, 9.17) is 14.7 Å². The smallest absolute Gasteiger partial charge is 0.319 e. The van der Waals surface area contributed by atoms with Gasteiger partial charge in [-0.1, -0.05) is 19.9 Å². The lowest BCUT2D eigenvalue weighted by atomic mass is 9.84. The second-order valence-corrected chi connectivity index (χ2v) is 6.45. The van der Waals surface area contributed by atoms with Crippen molar-refractivity contribution >= 4 is 11.7 Å². The minimum absolute atomic E-state index is 0.303. The number of ether oxygens (including phenoxy) is 2. The predicted molar refractivity (Wildman–Crippen MR) is 101 cm³/mol. The lowest BCUT2D eigenvalue weighted by Crippen LogP contribution is -2.39. The fraction of sp³-hybridized carbons (Fsp3) is 0.300. The van der Waals surface area contributed by atoms with E-state index in [9.17, 15) is 4.79 Å². The summed E-state index contributed by atoms with van der Waals surface area (Å²) in [4.78, 5) is 12.1. The van der Waals surface area contributed by atoms with Crippen molar-refractivity contribution in [1.82, 2.24) is 5.32 Å². The van der Waals surface area contributed by atoms with E-state index in [1.807, 2.05) is 38.1 Å². The second-order valence-electron chi connectivity index (χ2n) is 6.45. The lowest BCUT2D eigenvalue weighted by molar-refractivity contribution is 0.249. The molecule has 0 fully saturated rings. The largest absolute Gasteiger partial charge is 0.493 e. The highest BCUT2D eigenvalue weighted by Gasteiger charge is 2.23. The first-order valence-electron chi connectivity index (χ1n) is 8.17. The Morgan fingerprint density at radius 1 is 1.08 bits per heavy atom. The first-order chi connectivity index (χ1) is 12.4. The van der Waals surface area contributed by atoms with Crippen molar-refractivity contribution in [2.75, 3.05) is 26.1 Å². The summed E-state index contributed by atoms with van der Waals surface area (Å²) in [6.07, 6.45) is 0. The van der Waals surface area contributed by atoms with Crippen LogP contribution in [-0.4, -0.2) is 26.8 Å². The third kappa shape index (κ3) is 4.67. The van der Waals surface area contributed by atoms with Gasteiger partial charge in [0.05, 0.1) is 25.9 Å². The van der Waals surface area contributed by atoms with Crippen LogP contribution < -0.4 is 20.1 Å². The fourth-order valence-electron chi connectivity index (χ4n) is 2.46. The van der Waals surface area contributed by atoms with Gasteiger partial charge < -0.3 is 20.1 Å². The zero-order valence-corrected chi connectivity index (χ0v) is 15.4. The normalized spacial score (nSPS) is 10.6. The summed E-state index contributed by atoms with van der Waals surface area (Å²) in [6, 6.07) is 14.2. The molecule has 0 unspecified atom stereocenters. The molecular weight excluding hydrogens is 330 g/mol. The Morgan fingerprint density at radius 2 is 1.73 bits per heavy atom. The van der Waals surface area contributed by atoms with Gasteiger partial charge in [-0.25, -0.2) is 4.79 Å². The van der Waals surface area contributed by atoms with Crippen LogP contribution in [-0.2, 0) is 5.41 Å². The van der Waals surface area contributed by atoms with E-state index in [0.29, 0.717) is 29.3 Å². The van der Waals surface area contributed by atoms with Gasteiger partial charge in [0.1, 0.15) is 0 Å². The van der Waals surface area contributed by atoms with Gasteiger partial charge in [-0.3, -0.25) is 0 Å². The highest BCUT2D eigenvalue weighted by Crippen LogP contribution is 2.32. The van der Waals surface area contributed by atoms with Crippen LogP contribution >= 0.6 is 0 Å². The molecular formula is C20H23N3O3. The molecule has 2 aromatic rings. The summed E-state index contributed by atoms with van der Waals surface area (Å²) < 4.78 is 10.6. The molecule has 26 heavy (non-hydrogen) atoms. The van der Waals surface area contributed by atoms with E-state index in [0.717, 1.165) is 5.56 Å². The topological polar surface area (TPSA) is 83.4 Å². The Hall–Kier alpha value is -3.20. The van der Waals surface area contributed by atoms with Gasteiger partial charge in [0, 0.05) is 17.6 Å². The van der Waals surface area contributed by atoms with Crippen molar-refractivity contribution in [2.24, 2.45) is 0 Å². The maximum Gasteiger partial charge on any atom is 0.319 e. The molecule has 2 rings (SSSR count). The number of methoxy groups -OCH3 is 2. The van der Waals surface area contributed by atoms with Crippen LogP contribution in [0.1, 0.15) is 25.0 Å². The van der Waals surface area contributed by atoms with Crippen LogP contribution in [0, 0.1) is 11.3 Å². The van der Waals surface area contributed by atoms with Gasteiger partial charge in [0.15, 0.2) is 11.5 Å². The number of nitriles is 1. The van der Waals surface area contributed by atoms with E-state index in [2.05, 4.69) is 10.6 Å². The molecule has 0 bridgehead atoms. The first-order valence-corrected chi connectivity index (χ1v) is 8.17. The molecule has 2 aromatic carbocycles. The quantitative estimate of drug-likeness (QED) is 0.830. The second kappa shape index (κ2) is 8.26. The van der Waals surface area contributed by atoms with Gasteiger partial charge in [0.25, 0.3) is 0 Å². The van der Waals surface area contributed by atoms with Gasteiger partial charge in [0.2, 0.25) is 0 Å². The minimum Gasteiger partial charge on any atom is -0.493 e. The van der Waals surface area contributed by atoms with Crippen molar-refractivity contribution in [3.05, 3.63) is 53.6 Å². The van der Waals surface area contributed by atoms with Crippen LogP contribution in [0.25, 0.3) is 0 Å². The number of amides is 2. The molecule has 0 saturated carbocycles. The van der Waals surface area contributed by atoms with Crippen molar-refractivity contribution in [2.45, 2.75) is 19.3 Å². The molecule has 6 heteroatoms. The number of hydrogen-bond acceptors (Lipinski definition) is 4. The summed E-state index contributed by atoms with van der Waals surface area (Å²) in [6.45, 7) is 4.51. The van der Waals surface area contributed by atoms with Gasteiger partial charge >= 0.3 is 6.03 Å². The Morgan fingerprint density at radius 3 is 2.31 bits per heavy atom. The van der Waals surface area contributed by atoms with Gasteiger partial charge in [-0.2, -0.15) is 5.26 Å². The van der Waals surface area contributed by atoms with Crippen molar-refractivity contribution in [3.8, 4) is 17.6 Å². The number of rotatable bonds is 6. The third-order valence-electron chi connectivity index (χ3n) is 4.13. The van der Waals surface area contributed by atoms with Crippen LogP contribution in [0.4, 0.5) is 10.5 Å². The van der Waals surface area contributed by atoms with E-state index in [1.54, 1.807) is 38.5 Å². The summed E-state index contributed by atoms with van der Waals surface area (Å²) in [5.74, 6) is 1.32.